The van der Waals surface area contributed by atoms with Gasteiger partial charge in [-0.2, -0.15) is 0 Å². The minimum absolute atomic E-state index is 0.181. The van der Waals surface area contributed by atoms with E-state index in [0.717, 1.165) is 25.2 Å². The van der Waals surface area contributed by atoms with Gasteiger partial charge < -0.3 is 15.5 Å². The molecule has 0 aliphatic carbocycles. The standard InChI is InChI=1S/C18H25N5O/c1-4-11-19-18(24)16-12-17(21-13-20-16)22-14-7-9-15(10-8-14)23(5-2)6-3/h7-10,12-13H,4-6,11H2,1-3H3,(H,19,24)(H,20,21,22). The van der Waals surface area contributed by atoms with E-state index in [1.165, 1.54) is 12.0 Å². The molecule has 1 amide bonds. The van der Waals surface area contributed by atoms with Crippen molar-refractivity contribution in [3.63, 3.8) is 0 Å². The predicted molar refractivity (Wildman–Crippen MR) is 97.9 cm³/mol. The number of nitrogens with zero attached hydrogens (tertiary/aromatic N) is 3. The summed E-state index contributed by atoms with van der Waals surface area (Å²) in [4.78, 5) is 22.4. The molecule has 24 heavy (non-hydrogen) atoms. The van der Waals surface area contributed by atoms with Gasteiger partial charge in [-0.1, -0.05) is 6.92 Å². The van der Waals surface area contributed by atoms with Crippen LogP contribution in [0.15, 0.2) is 36.7 Å². The molecule has 1 aromatic carbocycles. The second-order valence-electron chi connectivity index (χ2n) is 5.39. The third kappa shape index (κ3) is 4.68. The minimum atomic E-state index is -0.181. The van der Waals surface area contributed by atoms with Crippen LogP contribution >= 0.6 is 0 Å². The zero-order chi connectivity index (χ0) is 17.4. The van der Waals surface area contributed by atoms with Gasteiger partial charge >= 0.3 is 0 Å². The van der Waals surface area contributed by atoms with Crippen molar-refractivity contribution in [1.82, 2.24) is 15.3 Å². The Morgan fingerprint density at radius 1 is 1.08 bits per heavy atom. The Labute approximate surface area is 143 Å². The number of aromatic nitrogens is 2. The summed E-state index contributed by atoms with van der Waals surface area (Å²) in [6, 6.07) is 9.82. The summed E-state index contributed by atoms with van der Waals surface area (Å²) in [7, 11) is 0. The zero-order valence-corrected chi connectivity index (χ0v) is 14.5. The van der Waals surface area contributed by atoms with E-state index in [0.29, 0.717) is 18.1 Å². The maximum atomic E-state index is 12.0. The number of nitrogens with one attached hydrogen (secondary N) is 2. The first-order valence-electron chi connectivity index (χ1n) is 8.40. The lowest BCUT2D eigenvalue weighted by atomic mass is 10.2. The fraction of sp³-hybridized carbons (Fsp3) is 0.389. The Kier molecular flexibility index (Phi) is 6.54. The Bertz CT molecular complexity index is 653. The first-order valence-corrected chi connectivity index (χ1v) is 8.40. The van der Waals surface area contributed by atoms with Crippen molar-refractivity contribution in [3.8, 4) is 0 Å². The fourth-order valence-corrected chi connectivity index (χ4v) is 2.37. The molecule has 128 valence electrons. The SMILES string of the molecule is CCCNC(=O)c1cc(Nc2ccc(N(CC)CC)cc2)ncn1. The molecule has 2 N–H and O–H groups in total. The number of benzene rings is 1. The second kappa shape index (κ2) is 8.86. The summed E-state index contributed by atoms with van der Waals surface area (Å²) in [5.41, 5.74) is 2.47. The molecule has 0 bridgehead atoms. The molecule has 2 rings (SSSR count). The number of carbonyl (C=O) groups is 1. The number of hydrogen-bond acceptors (Lipinski definition) is 5. The molecule has 2 aromatic rings. The quantitative estimate of drug-likeness (QED) is 0.779. The van der Waals surface area contributed by atoms with Gasteiger partial charge in [0, 0.05) is 37.1 Å². The van der Waals surface area contributed by atoms with E-state index in [9.17, 15) is 4.79 Å². The van der Waals surface area contributed by atoms with Crippen molar-refractivity contribution >= 4 is 23.1 Å². The highest BCUT2D eigenvalue weighted by Gasteiger charge is 2.08. The van der Waals surface area contributed by atoms with E-state index < -0.39 is 0 Å². The minimum Gasteiger partial charge on any atom is -0.372 e. The molecule has 0 atom stereocenters. The normalized spacial score (nSPS) is 10.3. The van der Waals surface area contributed by atoms with Crippen LogP contribution < -0.4 is 15.5 Å². The maximum absolute atomic E-state index is 12.0. The molecule has 0 saturated heterocycles. The second-order valence-corrected chi connectivity index (χ2v) is 5.39. The van der Waals surface area contributed by atoms with Crippen molar-refractivity contribution in [2.75, 3.05) is 29.9 Å². The van der Waals surface area contributed by atoms with E-state index in [1.54, 1.807) is 6.07 Å². The Balaban J connectivity index is 2.07. The lowest BCUT2D eigenvalue weighted by molar-refractivity contribution is 0.0948. The van der Waals surface area contributed by atoms with E-state index in [1.807, 2.05) is 19.1 Å². The molecule has 6 nitrogen and oxygen atoms in total. The topological polar surface area (TPSA) is 70.2 Å². The van der Waals surface area contributed by atoms with Gasteiger partial charge in [-0.3, -0.25) is 4.79 Å². The molecule has 0 aliphatic heterocycles. The number of amides is 1. The van der Waals surface area contributed by atoms with E-state index in [-0.39, 0.29) is 5.91 Å². The van der Waals surface area contributed by atoms with Gasteiger partial charge in [0.1, 0.15) is 17.8 Å². The van der Waals surface area contributed by atoms with Crippen molar-refractivity contribution in [3.05, 3.63) is 42.4 Å². The highest BCUT2D eigenvalue weighted by atomic mass is 16.1. The summed E-state index contributed by atoms with van der Waals surface area (Å²) in [6.45, 7) is 8.88. The van der Waals surface area contributed by atoms with E-state index in [4.69, 9.17) is 0 Å². The lowest BCUT2D eigenvalue weighted by Crippen LogP contribution is -2.25. The molecule has 0 radical (unpaired) electrons. The van der Waals surface area contributed by atoms with Crippen LogP contribution in [0.25, 0.3) is 0 Å². The molecule has 1 aromatic heterocycles. The van der Waals surface area contributed by atoms with Gasteiger partial charge in [-0.25, -0.2) is 9.97 Å². The lowest BCUT2D eigenvalue weighted by Gasteiger charge is -2.21. The monoisotopic (exact) mass is 327 g/mol. The number of rotatable bonds is 8. The van der Waals surface area contributed by atoms with Gasteiger partial charge in [0.25, 0.3) is 5.91 Å². The Hall–Kier alpha value is -2.63. The molecular formula is C18H25N5O. The average Bonchev–Trinajstić information content (AvgIpc) is 2.62. The van der Waals surface area contributed by atoms with Crippen LogP contribution in [0.3, 0.4) is 0 Å². The summed E-state index contributed by atoms with van der Waals surface area (Å²) in [5, 5.41) is 6.02. The van der Waals surface area contributed by atoms with E-state index in [2.05, 4.69) is 51.5 Å². The smallest absolute Gasteiger partial charge is 0.270 e. The first-order chi connectivity index (χ1) is 11.7. The van der Waals surface area contributed by atoms with Gasteiger partial charge in [-0.05, 0) is 44.5 Å². The number of carbonyl (C=O) groups excluding carboxylic acids is 1. The molecule has 6 heteroatoms. The van der Waals surface area contributed by atoms with Gasteiger partial charge in [0.2, 0.25) is 0 Å². The predicted octanol–water partition coefficient (Wildman–Crippen LogP) is 3.21. The summed E-state index contributed by atoms with van der Waals surface area (Å²) < 4.78 is 0. The number of hydrogen-bond donors (Lipinski definition) is 2. The van der Waals surface area contributed by atoms with Crippen LogP contribution in [0.2, 0.25) is 0 Å². The molecule has 1 heterocycles. The van der Waals surface area contributed by atoms with Gasteiger partial charge in [0.05, 0.1) is 0 Å². The third-order valence-electron chi connectivity index (χ3n) is 3.70. The average molecular weight is 327 g/mol. The van der Waals surface area contributed by atoms with Crippen molar-refractivity contribution < 1.29 is 4.79 Å². The van der Waals surface area contributed by atoms with Crippen molar-refractivity contribution in [2.45, 2.75) is 27.2 Å². The first kappa shape index (κ1) is 17.7. The summed E-state index contributed by atoms with van der Waals surface area (Å²) >= 11 is 0. The Morgan fingerprint density at radius 3 is 2.42 bits per heavy atom. The van der Waals surface area contributed by atoms with Crippen LogP contribution in [-0.4, -0.2) is 35.5 Å². The van der Waals surface area contributed by atoms with Gasteiger partial charge in [0.15, 0.2) is 0 Å². The highest BCUT2D eigenvalue weighted by Crippen LogP contribution is 2.20. The summed E-state index contributed by atoms with van der Waals surface area (Å²) in [5.74, 6) is 0.418. The van der Waals surface area contributed by atoms with Crippen LogP contribution in [0, 0.1) is 0 Å². The summed E-state index contributed by atoms with van der Waals surface area (Å²) in [6.07, 6.45) is 2.29. The largest absolute Gasteiger partial charge is 0.372 e. The zero-order valence-electron chi connectivity index (χ0n) is 14.5. The molecule has 0 unspecified atom stereocenters. The van der Waals surface area contributed by atoms with E-state index >= 15 is 0 Å². The molecule has 0 saturated carbocycles. The molecular weight excluding hydrogens is 302 g/mol. The molecule has 0 spiro atoms. The fourth-order valence-electron chi connectivity index (χ4n) is 2.37. The van der Waals surface area contributed by atoms with Crippen LogP contribution in [0.5, 0.6) is 0 Å². The molecule has 0 fully saturated rings. The number of anilines is 3. The van der Waals surface area contributed by atoms with Crippen LogP contribution in [0.1, 0.15) is 37.7 Å². The highest BCUT2D eigenvalue weighted by molar-refractivity contribution is 5.92. The van der Waals surface area contributed by atoms with Gasteiger partial charge in [-0.15, -0.1) is 0 Å². The van der Waals surface area contributed by atoms with Crippen LogP contribution in [-0.2, 0) is 0 Å². The van der Waals surface area contributed by atoms with Crippen LogP contribution in [0.4, 0.5) is 17.2 Å². The van der Waals surface area contributed by atoms with Crippen molar-refractivity contribution in [1.29, 1.82) is 0 Å². The molecule has 0 aliphatic rings. The third-order valence-corrected chi connectivity index (χ3v) is 3.70. The Morgan fingerprint density at radius 2 is 1.79 bits per heavy atom. The van der Waals surface area contributed by atoms with Crippen molar-refractivity contribution in [2.24, 2.45) is 0 Å². The maximum Gasteiger partial charge on any atom is 0.270 e.